The van der Waals surface area contributed by atoms with E-state index < -0.39 is 24.2 Å². The van der Waals surface area contributed by atoms with Crippen LogP contribution >= 0.6 is 0 Å². The van der Waals surface area contributed by atoms with Crippen molar-refractivity contribution in [2.75, 3.05) is 12.4 Å². The van der Waals surface area contributed by atoms with Crippen molar-refractivity contribution in [2.45, 2.75) is 19.3 Å². The molecular weight excluding hydrogens is 268 g/mol. The second-order valence-corrected chi connectivity index (χ2v) is 3.78. The number of hydrogen-bond donors (Lipinski definition) is 1. The maximum Gasteiger partial charge on any atom is 0.394 e. The quantitative estimate of drug-likeness (QED) is 0.862. The Bertz CT molecular complexity index is 451. The summed E-state index contributed by atoms with van der Waals surface area (Å²) in [6.07, 6.45) is -6.12. The highest BCUT2D eigenvalue weighted by molar-refractivity contribution is 5.95. The molecule has 1 heterocycles. The van der Waals surface area contributed by atoms with Gasteiger partial charge in [0.05, 0.1) is 13.0 Å². The lowest BCUT2D eigenvalue weighted by Gasteiger charge is -2.19. The number of aromatic nitrogens is 1. The molecule has 1 aromatic heterocycles. The van der Waals surface area contributed by atoms with E-state index in [1.165, 1.54) is 25.4 Å². The van der Waals surface area contributed by atoms with Gasteiger partial charge in [0.1, 0.15) is 5.69 Å². The van der Waals surface area contributed by atoms with Crippen molar-refractivity contribution < 1.29 is 27.1 Å². The Morgan fingerprint density at radius 1 is 1.47 bits per heavy atom. The Labute approximate surface area is 106 Å². The van der Waals surface area contributed by atoms with Crippen molar-refractivity contribution in [3.63, 3.8) is 0 Å². The molecule has 0 aromatic carbocycles. The molecule has 2 unspecified atom stereocenters. The van der Waals surface area contributed by atoms with Gasteiger partial charge in [0, 0.05) is 6.20 Å². The summed E-state index contributed by atoms with van der Waals surface area (Å²) in [6.45, 7) is 0.602. The van der Waals surface area contributed by atoms with Gasteiger partial charge in [0.15, 0.2) is 6.17 Å². The van der Waals surface area contributed by atoms with Crippen molar-refractivity contribution in [3.05, 3.63) is 18.3 Å². The van der Waals surface area contributed by atoms with Crippen LogP contribution in [0.25, 0.3) is 0 Å². The second kappa shape index (κ2) is 5.85. The highest BCUT2D eigenvalue weighted by Gasteiger charge is 2.44. The number of halogens is 4. The molecule has 19 heavy (non-hydrogen) atoms. The number of carbonyl (C=O) groups is 1. The van der Waals surface area contributed by atoms with Gasteiger partial charge in [-0.3, -0.25) is 4.79 Å². The Hall–Kier alpha value is -1.86. The number of methoxy groups -OCH3 is 1. The number of anilines is 1. The molecule has 4 nitrogen and oxygen atoms in total. The first kappa shape index (κ1) is 15.2. The third-order valence-electron chi connectivity index (χ3n) is 2.43. The van der Waals surface area contributed by atoms with Crippen LogP contribution in [0.5, 0.6) is 5.88 Å². The van der Waals surface area contributed by atoms with Gasteiger partial charge in [0.25, 0.3) is 5.91 Å². The zero-order chi connectivity index (χ0) is 14.6. The third-order valence-corrected chi connectivity index (χ3v) is 2.43. The third kappa shape index (κ3) is 3.80. The van der Waals surface area contributed by atoms with Gasteiger partial charge in [-0.1, -0.05) is 6.92 Å². The van der Waals surface area contributed by atoms with Crippen LogP contribution in [0.15, 0.2) is 18.3 Å². The molecule has 0 saturated carbocycles. The minimum absolute atomic E-state index is 0.00650. The molecule has 1 N–H and O–H groups in total. The monoisotopic (exact) mass is 280 g/mol. The van der Waals surface area contributed by atoms with Gasteiger partial charge < -0.3 is 10.1 Å². The number of nitrogens with zero attached hydrogens (tertiary/aromatic N) is 1. The van der Waals surface area contributed by atoms with E-state index >= 15 is 0 Å². The first-order valence-electron chi connectivity index (χ1n) is 5.28. The zero-order valence-electron chi connectivity index (χ0n) is 10.2. The fourth-order valence-corrected chi connectivity index (χ4v) is 1.24. The molecule has 0 radical (unpaired) electrons. The number of alkyl halides is 4. The summed E-state index contributed by atoms with van der Waals surface area (Å²) < 4.78 is 55.1. The molecule has 0 fully saturated rings. The summed E-state index contributed by atoms with van der Waals surface area (Å²) in [4.78, 5) is 15.1. The average molecular weight is 280 g/mol. The van der Waals surface area contributed by atoms with Gasteiger partial charge in [-0.2, -0.15) is 13.2 Å². The van der Waals surface area contributed by atoms with Crippen LogP contribution in [0.1, 0.15) is 6.92 Å². The van der Waals surface area contributed by atoms with Crippen molar-refractivity contribution >= 4 is 11.6 Å². The average Bonchev–Trinajstić information content (AvgIpc) is 2.36. The molecule has 1 rings (SSSR count). The molecule has 0 spiro atoms. The molecule has 0 bridgehead atoms. The highest BCUT2D eigenvalue weighted by atomic mass is 19.4. The summed E-state index contributed by atoms with van der Waals surface area (Å²) in [5.41, 5.74) is 0.00650. The summed E-state index contributed by atoms with van der Waals surface area (Å²) in [7, 11) is 1.27. The summed E-state index contributed by atoms with van der Waals surface area (Å²) >= 11 is 0. The lowest BCUT2D eigenvalue weighted by atomic mass is 10.1. The lowest BCUT2D eigenvalue weighted by Crippen LogP contribution is -2.37. The van der Waals surface area contributed by atoms with Gasteiger partial charge in [-0.15, -0.1) is 0 Å². The highest BCUT2D eigenvalue weighted by Crippen LogP contribution is 2.31. The number of ether oxygens (including phenoxy) is 1. The zero-order valence-corrected chi connectivity index (χ0v) is 10.2. The SMILES string of the molecule is COc1ncccc1NC(=O)C(F)C(C)C(F)(F)F. The number of pyridine rings is 1. The molecule has 1 aromatic rings. The van der Waals surface area contributed by atoms with E-state index in [9.17, 15) is 22.4 Å². The predicted octanol–water partition coefficient (Wildman–Crippen LogP) is 2.57. The fourth-order valence-electron chi connectivity index (χ4n) is 1.24. The number of rotatable bonds is 4. The standard InChI is InChI=1S/C11H12F4N2O2/c1-6(11(13,14)15)8(12)9(18)17-7-4-3-5-16-10(7)19-2/h3-6,8H,1-2H3,(H,17,18). The van der Waals surface area contributed by atoms with E-state index in [1.807, 2.05) is 5.32 Å². The topological polar surface area (TPSA) is 51.2 Å². The summed E-state index contributed by atoms with van der Waals surface area (Å²) in [5.74, 6) is -3.80. The molecule has 0 aliphatic carbocycles. The molecule has 1 amide bonds. The van der Waals surface area contributed by atoms with Crippen molar-refractivity contribution in [2.24, 2.45) is 5.92 Å². The summed E-state index contributed by atoms with van der Waals surface area (Å²) in [5, 5.41) is 2.01. The molecule has 2 atom stereocenters. The number of amides is 1. The van der Waals surface area contributed by atoms with Gasteiger partial charge >= 0.3 is 6.18 Å². The number of nitrogens with one attached hydrogen (secondary N) is 1. The number of hydrogen-bond acceptors (Lipinski definition) is 3. The first-order chi connectivity index (χ1) is 8.77. The van der Waals surface area contributed by atoms with Crippen LogP contribution in [-0.2, 0) is 4.79 Å². The maximum atomic E-state index is 13.4. The van der Waals surface area contributed by atoms with Crippen LogP contribution in [0.2, 0.25) is 0 Å². The van der Waals surface area contributed by atoms with Crippen molar-refractivity contribution in [1.82, 2.24) is 4.98 Å². The second-order valence-electron chi connectivity index (χ2n) is 3.78. The predicted molar refractivity (Wildman–Crippen MR) is 59.5 cm³/mol. The van der Waals surface area contributed by atoms with Crippen LogP contribution in [0, 0.1) is 5.92 Å². The maximum absolute atomic E-state index is 13.4. The van der Waals surface area contributed by atoms with E-state index in [0.29, 0.717) is 6.92 Å². The van der Waals surface area contributed by atoms with Crippen molar-refractivity contribution in [1.29, 1.82) is 0 Å². The lowest BCUT2D eigenvalue weighted by molar-refractivity contribution is -0.187. The largest absolute Gasteiger partial charge is 0.480 e. The van der Waals surface area contributed by atoms with Gasteiger partial charge in [0.2, 0.25) is 5.88 Å². The minimum Gasteiger partial charge on any atom is -0.480 e. The Balaban J connectivity index is 2.80. The van der Waals surface area contributed by atoms with Gasteiger partial charge in [-0.25, -0.2) is 9.37 Å². The molecule has 0 saturated heterocycles. The smallest absolute Gasteiger partial charge is 0.394 e. The van der Waals surface area contributed by atoms with Crippen LogP contribution in [-0.4, -0.2) is 30.3 Å². The normalized spacial score (nSPS) is 14.6. The van der Waals surface area contributed by atoms with E-state index in [0.717, 1.165) is 0 Å². The van der Waals surface area contributed by atoms with Crippen LogP contribution in [0.4, 0.5) is 23.2 Å². The molecule has 0 aliphatic rings. The molecule has 106 valence electrons. The van der Waals surface area contributed by atoms with E-state index in [2.05, 4.69) is 4.98 Å². The van der Waals surface area contributed by atoms with Crippen LogP contribution < -0.4 is 10.1 Å². The number of carbonyl (C=O) groups excluding carboxylic acids is 1. The Morgan fingerprint density at radius 3 is 2.63 bits per heavy atom. The van der Waals surface area contributed by atoms with E-state index in [-0.39, 0.29) is 11.6 Å². The first-order valence-corrected chi connectivity index (χ1v) is 5.28. The van der Waals surface area contributed by atoms with Crippen LogP contribution in [0.3, 0.4) is 0 Å². The fraction of sp³-hybridized carbons (Fsp3) is 0.455. The molecule has 8 heteroatoms. The summed E-state index contributed by atoms with van der Waals surface area (Å²) in [6, 6.07) is 2.77. The Morgan fingerprint density at radius 2 is 2.11 bits per heavy atom. The van der Waals surface area contributed by atoms with E-state index in [1.54, 1.807) is 0 Å². The van der Waals surface area contributed by atoms with Gasteiger partial charge in [-0.05, 0) is 12.1 Å². The van der Waals surface area contributed by atoms with Crippen molar-refractivity contribution in [3.8, 4) is 5.88 Å². The molecule has 0 aliphatic heterocycles. The van der Waals surface area contributed by atoms with E-state index in [4.69, 9.17) is 4.74 Å². The Kier molecular flexibility index (Phi) is 4.68. The molecular formula is C11H12F4N2O2. The minimum atomic E-state index is -4.78.